The first-order chi connectivity index (χ1) is 11.7. The normalized spacial score (nSPS) is 10.9. The number of aromatic nitrogens is 4. The van der Waals surface area contributed by atoms with E-state index in [-0.39, 0.29) is 0 Å². The van der Waals surface area contributed by atoms with Crippen LogP contribution < -0.4 is 4.74 Å². The number of para-hydroxylation sites is 1. The maximum Gasteiger partial charge on any atom is 0.233 e. The summed E-state index contributed by atoms with van der Waals surface area (Å²) >= 11 is 0. The second kappa shape index (κ2) is 5.77. The van der Waals surface area contributed by atoms with Gasteiger partial charge in [0.1, 0.15) is 17.5 Å². The van der Waals surface area contributed by atoms with E-state index in [0.29, 0.717) is 5.88 Å². The highest BCUT2D eigenvalue weighted by Crippen LogP contribution is 2.29. The van der Waals surface area contributed by atoms with Gasteiger partial charge in [0.2, 0.25) is 5.88 Å². The lowest BCUT2D eigenvalue weighted by Crippen LogP contribution is -1.98. The Morgan fingerprint density at radius 2 is 1.83 bits per heavy atom. The van der Waals surface area contributed by atoms with E-state index in [9.17, 15) is 0 Å². The van der Waals surface area contributed by atoms with Gasteiger partial charge in [-0.3, -0.25) is 0 Å². The number of benzene rings is 2. The molecule has 0 saturated heterocycles. The molecule has 0 atom stereocenters. The Hall–Kier alpha value is -3.21. The summed E-state index contributed by atoms with van der Waals surface area (Å²) in [6.45, 7) is 4.06. The lowest BCUT2D eigenvalue weighted by atomic mass is 10.2. The number of fused-ring (bicyclic) bond motifs is 1. The Bertz CT molecular complexity index is 1020. The first-order valence-corrected chi connectivity index (χ1v) is 7.71. The van der Waals surface area contributed by atoms with E-state index in [1.807, 2.05) is 43.3 Å². The summed E-state index contributed by atoms with van der Waals surface area (Å²) in [6, 6.07) is 16.0. The molecule has 0 aliphatic heterocycles. The van der Waals surface area contributed by atoms with Crippen molar-refractivity contribution in [3.63, 3.8) is 0 Å². The number of hydrogen-bond donors (Lipinski definition) is 0. The van der Waals surface area contributed by atoms with Crippen molar-refractivity contribution in [3.05, 3.63) is 72.2 Å². The van der Waals surface area contributed by atoms with Crippen LogP contribution in [0.4, 0.5) is 0 Å². The third kappa shape index (κ3) is 2.50. The van der Waals surface area contributed by atoms with Crippen LogP contribution in [-0.2, 0) is 0 Å². The van der Waals surface area contributed by atoms with E-state index in [4.69, 9.17) is 4.74 Å². The second-order valence-corrected chi connectivity index (χ2v) is 5.68. The van der Waals surface area contributed by atoms with Gasteiger partial charge in [-0.05, 0) is 43.2 Å². The number of nitrogens with zero attached hydrogens (tertiary/aromatic N) is 4. The molecule has 0 N–H and O–H groups in total. The predicted octanol–water partition coefficient (Wildman–Crippen LogP) is 4.22. The van der Waals surface area contributed by atoms with Crippen molar-refractivity contribution in [1.82, 2.24) is 19.7 Å². The Morgan fingerprint density at radius 1 is 0.958 bits per heavy atom. The smallest absolute Gasteiger partial charge is 0.233 e. The molecule has 2 heterocycles. The molecule has 118 valence electrons. The molecule has 0 amide bonds. The van der Waals surface area contributed by atoms with E-state index >= 15 is 0 Å². The average Bonchev–Trinajstić information content (AvgIpc) is 3.02. The molecule has 0 aliphatic carbocycles. The van der Waals surface area contributed by atoms with Crippen molar-refractivity contribution in [2.24, 2.45) is 0 Å². The highest BCUT2D eigenvalue weighted by atomic mass is 16.5. The van der Waals surface area contributed by atoms with Crippen LogP contribution in [0.25, 0.3) is 16.7 Å². The van der Waals surface area contributed by atoms with Gasteiger partial charge in [0, 0.05) is 0 Å². The zero-order chi connectivity index (χ0) is 16.5. The van der Waals surface area contributed by atoms with Gasteiger partial charge in [-0.15, -0.1) is 0 Å². The first-order valence-electron chi connectivity index (χ1n) is 7.71. The Kier molecular flexibility index (Phi) is 3.46. The zero-order valence-electron chi connectivity index (χ0n) is 13.5. The monoisotopic (exact) mass is 316 g/mol. The number of ether oxygens (including phenoxy) is 1. The molecule has 0 saturated carbocycles. The fraction of sp³-hybridized carbons (Fsp3) is 0.105. The Labute approximate surface area is 139 Å². The van der Waals surface area contributed by atoms with Crippen molar-refractivity contribution >= 4 is 11.0 Å². The quantitative estimate of drug-likeness (QED) is 0.568. The third-order valence-corrected chi connectivity index (χ3v) is 3.88. The van der Waals surface area contributed by atoms with Gasteiger partial charge in [-0.1, -0.05) is 30.3 Å². The van der Waals surface area contributed by atoms with Crippen LogP contribution in [0.3, 0.4) is 0 Å². The van der Waals surface area contributed by atoms with Gasteiger partial charge in [-0.2, -0.15) is 5.10 Å². The summed E-state index contributed by atoms with van der Waals surface area (Å²) in [5, 5.41) is 5.25. The van der Waals surface area contributed by atoms with Crippen molar-refractivity contribution in [2.45, 2.75) is 13.8 Å². The molecule has 4 aromatic rings. The molecule has 0 bridgehead atoms. The number of hydrogen-bond acceptors (Lipinski definition) is 4. The molecule has 5 heteroatoms. The Balaban J connectivity index is 1.81. The molecule has 2 aromatic heterocycles. The van der Waals surface area contributed by atoms with E-state index in [2.05, 4.69) is 34.1 Å². The largest absolute Gasteiger partial charge is 0.438 e. The van der Waals surface area contributed by atoms with Crippen molar-refractivity contribution in [1.29, 1.82) is 0 Å². The molecule has 4 rings (SSSR count). The van der Waals surface area contributed by atoms with Crippen LogP contribution in [0.2, 0.25) is 0 Å². The Morgan fingerprint density at radius 3 is 2.67 bits per heavy atom. The minimum Gasteiger partial charge on any atom is -0.438 e. The van der Waals surface area contributed by atoms with Gasteiger partial charge < -0.3 is 4.74 Å². The highest BCUT2D eigenvalue weighted by molar-refractivity contribution is 5.81. The van der Waals surface area contributed by atoms with Crippen LogP contribution in [0.5, 0.6) is 11.6 Å². The molecule has 5 nitrogen and oxygen atoms in total. The summed E-state index contributed by atoms with van der Waals surface area (Å²) in [6.07, 6.45) is 3.25. The van der Waals surface area contributed by atoms with Gasteiger partial charge in [-0.25, -0.2) is 14.6 Å². The minimum atomic E-state index is 0.508. The lowest BCUT2D eigenvalue weighted by Gasteiger charge is -2.08. The standard InChI is InChI=1S/C19H16N4O/c1-13-6-5-8-15(10-13)23-18-16(11-22-23)19(21-12-20-18)24-17-9-4-3-7-14(17)2/h3-12H,1-2H3. The van der Waals surface area contributed by atoms with Crippen molar-refractivity contribution in [3.8, 4) is 17.3 Å². The summed E-state index contributed by atoms with van der Waals surface area (Å²) in [4.78, 5) is 8.66. The van der Waals surface area contributed by atoms with Crippen LogP contribution in [0.15, 0.2) is 61.1 Å². The molecule has 24 heavy (non-hydrogen) atoms. The van der Waals surface area contributed by atoms with E-state index < -0.39 is 0 Å². The maximum atomic E-state index is 5.99. The molecule has 0 aliphatic rings. The van der Waals surface area contributed by atoms with Crippen molar-refractivity contribution < 1.29 is 4.74 Å². The van der Waals surface area contributed by atoms with E-state index in [1.54, 1.807) is 10.9 Å². The topological polar surface area (TPSA) is 52.8 Å². The molecule has 0 fully saturated rings. The fourth-order valence-corrected chi connectivity index (χ4v) is 2.63. The number of rotatable bonds is 3. The SMILES string of the molecule is Cc1cccc(-n2ncc3c(Oc4ccccc4C)ncnc32)c1. The number of aryl methyl sites for hydroxylation is 2. The lowest BCUT2D eigenvalue weighted by molar-refractivity contribution is 0.464. The zero-order valence-corrected chi connectivity index (χ0v) is 13.5. The van der Waals surface area contributed by atoms with E-state index in [1.165, 1.54) is 11.9 Å². The van der Waals surface area contributed by atoms with Crippen molar-refractivity contribution in [2.75, 3.05) is 0 Å². The summed E-state index contributed by atoms with van der Waals surface area (Å²) in [5.41, 5.74) is 3.90. The third-order valence-electron chi connectivity index (χ3n) is 3.88. The molecule has 0 spiro atoms. The second-order valence-electron chi connectivity index (χ2n) is 5.68. The molecule has 0 unspecified atom stereocenters. The first kappa shape index (κ1) is 14.4. The van der Waals surface area contributed by atoms with Crippen LogP contribution in [-0.4, -0.2) is 19.7 Å². The molecular formula is C19H16N4O. The van der Waals surface area contributed by atoms with Gasteiger partial charge >= 0.3 is 0 Å². The van der Waals surface area contributed by atoms with Crippen LogP contribution in [0.1, 0.15) is 11.1 Å². The molecular weight excluding hydrogens is 300 g/mol. The van der Waals surface area contributed by atoms with Crippen LogP contribution in [0, 0.1) is 13.8 Å². The predicted molar refractivity (Wildman–Crippen MR) is 92.7 cm³/mol. The van der Waals surface area contributed by atoms with Gasteiger partial charge in [0.15, 0.2) is 5.65 Å². The summed E-state index contributed by atoms with van der Waals surface area (Å²) in [5.74, 6) is 1.29. The molecule has 2 aromatic carbocycles. The average molecular weight is 316 g/mol. The molecule has 0 radical (unpaired) electrons. The fourth-order valence-electron chi connectivity index (χ4n) is 2.63. The van der Waals surface area contributed by atoms with Crippen LogP contribution >= 0.6 is 0 Å². The maximum absolute atomic E-state index is 5.99. The van der Waals surface area contributed by atoms with Gasteiger partial charge in [0.25, 0.3) is 0 Å². The summed E-state index contributed by atoms with van der Waals surface area (Å²) in [7, 11) is 0. The van der Waals surface area contributed by atoms with E-state index in [0.717, 1.165) is 28.0 Å². The highest BCUT2D eigenvalue weighted by Gasteiger charge is 2.13. The van der Waals surface area contributed by atoms with Gasteiger partial charge in [0.05, 0.1) is 11.9 Å². The summed E-state index contributed by atoms with van der Waals surface area (Å²) < 4.78 is 7.79. The minimum absolute atomic E-state index is 0.508.